The molecule has 4 aromatic rings. The van der Waals surface area contributed by atoms with Crippen LogP contribution in [0.3, 0.4) is 0 Å². The molecule has 1 aliphatic heterocycles. The SMILES string of the molecule is CN(C)CCOC(=O)CN[C@@](C)(C(=O)N1CCCC1)c1ccc2c(c1)nc(CNc1ccc(C(=N)NC(=O)c3ccccc3)cc1)n2C. The number of likely N-dealkylation sites (N-methyl/N-ethyl adjacent to an activating group) is 1. The molecule has 5 rings (SSSR count). The second-order valence-corrected chi connectivity index (χ2v) is 12.4. The van der Waals surface area contributed by atoms with Crippen LogP contribution in [-0.4, -0.2) is 89.9 Å². The van der Waals surface area contributed by atoms with Crippen molar-refractivity contribution >= 4 is 40.3 Å². The lowest BCUT2D eigenvalue weighted by atomic mass is 9.89. The molecule has 1 fully saturated rings. The lowest BCUT2D eigenvalue weighted by Gasteiger charge is -2.34. The zero-order chi connectivity index (χ0) is 34.3. The van der Waals surface area contributed by atoms with Crippen LogP contribution in [0.4, 0.5) is 5.69 Å². The number of benzene rings is 3. The van der Waals surface area contributed by atoms with Crippen molar-refractivity contribution in [2.24, 2.45) is 7.05 Å². The van der Waals surface area contributed by atoms with Crippen molar-refractivity contribution in [1.82, 2.24) is 30.0 Å². The Bertz CT molecular complexity index is 1760. The van der Waals surface area contributed by atoms with Crippen LogP contribution in [0.5, 0.6) is 0 Å². The van der Waals surface area contributed by atoms with Gasteiger partial charge in [-0.3, -0.25) is 25.1 Å². The van der Waals surface area contributed by atoms with E-state index in [-0.39, 0.29) is 30.8 Å². The average Bonchev–Trinajstić information content (AvgIpc) is 3.74. The number of hydrogen-bond acceptors (Lipinski definition) is 9. The van der Waals surface area contributed by atoms with Crippen LogP contribution in [-0.2, 0) is 33.5 Å². The van der Waals surface area contributed by atoms with Crippen LogP contribution in [0.1, 0.15) is 47.1 Å². The van der Waals surface area contributed by atoms with Crippen LogP contribution >= 0.6 is 0 Å². The lowest BCUT2D eigenvalue weighted by molar-refractivity contribution is -0.144. The number of hydrogen-bond donors (Lipinski definition) is 4. The summed E-state index contributed by atoms with van der Waals surface area (Å²) in [5.74, 6) is -0.00480. The molecule has 1 atom stereocenters. The highest BCUT2D eigenvalue weighted by molar-refractivity contribution is 6.11. The number of ether oxygens (including phenoxy) is 1. The molecular weight excluding hydrogens is 608 g/mol. The highest BCUT2D eigenvalue weighted by atomic mass is 16.5. The molecule has 1 aromatic heterocycles. The Labute approximate surface area is 281 Å². The smallest absolute Gasteiger partial charge is 0.320 e. The van der Waals surface area contributed by atoms with E-state index in [9.17, 15) is 14.4 Å². The molecule has 1 saturated heterocycles. The number of likely N-dealkylation sites (tertiary alicyclic amines) is 1. The molecule has 0 unspecified atom stereocenters. The normalized spacial score (nSPS) is 14.1. The molecule has 12 heteroatoms. The van der Waals surface area contributed by atoms with Crippen molar-refractivity contribution in [3.63, 3.8) is 0 Å². The number of amides is 2. The van der Waals surface area contributed by atoms with E-state index in [1.54, 1.807) is 36.4 Å². The van der Waals surface area contributed by atoms with Crippen molar-refractivity contribution in [3.05, 3.63) is 95.3 Å². The Morgan fingerprint density at radius 2 is 1.69 bits per heavy atom. The fraction of sp³-hybridized carbons (Fsp3) is 0.361. The number of aryl methyl sites for hydroxylation is 1. The largest absolute Gasteiger partial charge is 0.463 e. The van der Waals surface area contributed by atoms with E-state index < -0.39 is 11.5 Å². The fourth-order valence-electron chi connectivity index (χ4n) is 5.68. The van der Waals surface area contributed by atoms with Gasteiger partial charge in [-0.2, -0.15) is 0 Å². The lowest BCUT2D eigenvalue weighted by Crippen LogP contribution is -2.54. The molecule has 2 heterocycles. The number of aromatic nitrogens is 2. The minimum Gasteiger partial charge on any atom is -0.463 e. The Hall–Kier alpha value is -5.07. The van der Waals surface area contributed by atoms with E-state index in [1.807, 2.05) is 78.8 Å². The number of nitrogens with zero attached hydrogens (tertiary/aromatic N) is 4. The summed E-state index contributed by atoms with van der Waals surface area (Å²) in [5, 5.41) is 17.6. The van der Waals surface area contributed by atoms with Gasteiger partial charge in [0.05, 0.1) is 24.1 Å². The zero-order valence-electron chi connectivity index (χ0n) is 28.0. The molecule has 3 aromatic carbocycles. The van der Waals surface area contributed by atoms with Crippen LogP contribution in [0.15, 0.2) is 72.8 Å². The maximum absolute atomic E-state index is 13.9. The second-order valence-electron chi connectivity index (χ2n) is 12.4. The van der Waals surface area contributed by atoms with E-state index in [1.165, 1.54) is 0 Å². The van der Waals surface area contributed by atoms with Crippen LogP contribution < -0.4 is 16.0 Å². The van der Waals surface area contributed by atoms with Gasteiger partial charge < -0.3 is 29.7 Å². The zero-order valence-corrected chi connectivity index (χ0v) is 28.0. The van der Waals surface area contributed by atoms with E-state index >= 15 is 0 Å². The van der Waals surface area contributed by atoms with Crippen LogP contribution in [0, 0.1) is 5.41 Å². The third kappa shape index (κ3) is 8.07. The van der Waals surface area contributed by atoms with E-state index in [0.717, 1.165) is 41.0 Å². The molecule has 48 heavy (non-hydrogen) atoms. The van der Waals surface area contributed by atoms with Gasteiger partial charge in [0.25, 0.3) is 5.91 Å². The summed E-state index contributed by atoms with van der Waals surface area (Å²) < 4.78 is 7.38. The molecule has 1 aliphatic rings. The third-order valence-corrected chi connectivity index (χ3v) is 8.66. The van der Waals surface area contributed by atoms with Crippen molar-refractivity contribution < 1.29 is 19.1 Å². The first-order valence-electron chi connectivity index (χ1n) is 16.1. The Morgan fingerprint density at radius 3 is 2.38 bits per heavy atom. The van der Waals surface area contributed by atoms with Crippen molar-refractivity contribution in [2.75, 3.05) is 52.2 Å². The van der Waals surface area contributed by atoms with Crippen LogP contribution in [0.2, 0.25) is 0 Å². The van der Waals surface area contributed by atoms with Gasteiger partial charge >= 0.3 is 5.97 Å². The standard InChI is InChI=1S/C36H44N8O4/c1-36(35(47)44-18-8-9-19-44,39-24-32(45)48-21-20-42(2)3)27-14-17-30-29(22-27)40-31(43(30)4)23-38-28-15-12-25(13-16-28)33(37)41-34(46)26-10-6-5-7-11-26/h5-7,10-17,22,38-39H,8-9,18-21,23-24H2,1-4H3,(H2,37,41,46)/t36-/m1/s1. The predicted molar refractivity (Wildman–Crippen MR) is 186 cm³/mol. The number of fused-ring (bicyclic) bond motifs is 1. The van der Waals surface area contributed by atoms with Gasteiger partial charge in [-0.05, 0) is 88.0 Å². The topological polar surface area (TPSA) is 145 Å². The maximum Gasteiger partial charge on any atom is 0.320 e. The summed E-state index contributed by atoms with van der Waals surface area (Å²) in [6, 6.07) is 21.9. The quantitative estimate of drug-likeness (QED) is 0.0977. The number of nitrogens with one attached hydrogen (secondary N) is 4. The molecule has 0 bridgehead atoms. The Kier molecular flexibility index (Phi) is 10.9. The summed E-state index contributed by atoms with van der Waals surface area (Å²) in [4.78, 5) is 47.5. The average molecular weight is 653 g/mol. The number of carbonyl (C=O) groups is 3. The maximum atomic E-state index is 13.9. The van der Waals surface area contributed by atoms with Crippen molar-refractivity contribution in [3.8, 4) is 0 Å². The highest BCUT2D eigenvalue weighted by Crippen LogP contribution is 2.29. The molecule has 0 saturated carbocycles. The monoisotopic (exact) mass is 652 g/mol. The van der Waals surface area contributed by atoms with Gasteiger partial charge in [-0.1, -0.05) is 24.3 Å². The van der Waals surface area contributed by atoms with E-state index in [0.29, 0.717) is 37.3 Å². The van der Waals surface area contributed by atoms with Crippen molar-refractivity contribution in [2.45, 2.75) is 31.8 Å². The summed E-state index contributed by atoms with van der Waals surface area (Å²) in [7, 11) is 5.77. The summed E-state index contributed by atoms with van der Waals surface area (Å²) in [6.07, 6.45) is 1.92. The molecule has 0 spiro atoms. The number of esters is 1. The van der Waals surface area contributed by atoms with Crippen LogP contribution in [0.25, 0.3) is 11.0 Å². The van der Waals surface area contributed by atoms with Crippen molar-refractivity contribution in [1.29, 1.82) is 5.41 Å². The first-order valence-corrected chi connectivity index (χ1v) is 16.1. The molecular formula is C36H44N8O4. The predicted octanol–water partition coefficient (Wildman–Crippen LogP) is 3.47. The molecule has 252 valence electrons. The summed E-state index contributed by atoms with van der Waals surface area (Å²) in [5.41, 5.74) is 3.13. The first-order chi connectivity index (χ1) is 23.0. The highest BCUT2D eigenvalue weighted by Gasteiger charge is 2.40. The van der Waals surface area contributed by atoms with Gasteiger partial charge in [0.1, 0.15) is 23.8 Å². The number of anilines is 1. The molecule has 0 radical (unpaired) electrons. The first kappa shape index (κ1) is 34.3. The number of rotatable bonds is 13. The van der Waals surface area contributed by atoms with Gasteiger partial charge in [-0.25, -0.2) is 4.98 Å². The summed E-state index contributed by atoms with van der Waals surface area (Å²) in [6.45, 7) is 4.43. The van der Waals surface area contributed by atoms with E-state index in [2.05, 4.69) is 16.0 Å². The van der Waals surface area contributed by atoms with E-state index in [4.69, 9.17) is 15.1 Å². The Balaban J connectivity index is 1.27. The van der Waals surface area contributed by atoms with Gasteiger partial charge in [0.2, 0.25) is 5.91 Å². The van der Waals surface area contributed by atoms with Gasteiger partial charge in [0, 0.05) is 43.5 Å². The second kappa shape index (κ2) is 15.2. The van der Waals surface area contributed by atoms with Gasteiger partial charge in [-0.15, -0.1) is 0 Å². The minimum absolute atomic E-state index is 0.0208. The van der Waals surface area contributed by atoms with Gasteiger partial charge in [0.15, 0.2) is 0 Å². The number of amidine groups is 1. The molecule has 2 amide bonds. The summed E-state index contributed by atoms with van der Waals surface area (Å²) >= 11 is 0. The number of imidazole rings is 1. The molecule has 12 nitrogen and oxygen atoms in total. The Morgan fingerprint density at radius 1 is 0.979 bits per heavy atom. The minimum atomic E-state index is -1.15. The fourth-order valence-corrected chi connectivity index (χ4v) is 5.68. The molecule has 4 N–H and O–H groups in total. The number of carbonyl (C=O) groups excluding carboxylic acids is 3. The molecule has 0 aliphatic carbocycles. The third-order valence-electron chi connectivity index (χ3n) is 8.66.